The van der Waals surface area contributed by atoms with Gasteiger partial charge in [-0.25, -0.2) is 0 Å². The molecule has 1 aliphatic rings. The van der Waals surface area contributed by atoms with Crippen molar-refractivity contribution in [3.63, 3.8) is 0 Å². The van der Waals surface area contributed by atoms with E-state index < -0.39 is 0 Å². The maximum Gasteiger partial charge on any atom is 0.195 e. The van der Waals surface area contributed by atoms with Crippen molar-refractivity contribution in [3.8, 4) is 5.75 Å². The normalized spacial score (nSPS) is 16.4. The molecule has 1 fully saturated rings. The van der Waals surface area contributed by atoms with E-state index in [-0.39, 0.29) is 11.9 Å². The Morgan fingerprint density at radius 1 is 1.44 bits per heavy atom. The molecule has 1 unspecified atom stereocenters. The number of hydrogen-bond acceptors (Lipinski definition) is 3. The number of hydrogen-bond donors (Lipinski definition) is 0. The first kappa shape index (κ1) is 13.1. The van der Waals surface area contributed by atoms with Crippen LogP contribution in [0.3, 0.4) is 0 Å². The molecule has 2 rings (SSSR count). The molecular formula is C15H20O3. The zero-order valence-electron chi connectivity index (χ0n) is 11.2. The Labute approximate surface area is 108 Å². The number of benzene rings is 1. The third kappa shape index (κ3) is 2.72. The highest BCUT2D eigenvalue weighted by Gasteiger charge is 2.38. The molecule has 0 radical (unpaired) electrons. The lowest BCUT2D eigenvalue weighted by Gasteiger charge is -2.17. The topological polar surface area (TPSA) is 35.5 Å². The van der Waals surface area contributed by atoms with Gasteiger partial charge in [0.25, 0.3) is 0 Å². The minimum absolute atomic E-state index is 0.0555. The maximum atomic E-state index is 12.5. The molecule has 0 amide bonds. The Hall–Kier alpha value is -1.35. The molecule has 1 atom stereocenters. The maximum absolute atomic E-state index is 12.5. The second-order valence-electron chi connectivity index (χ2n) is 4.78. The van der Waals surface area contributed by atoms with Gasteiger partial charge in [-0.2, -0.15) is 0 Å². The highest BCUT2D eigenvalue weighted by molar-refractivity contribution is 6.02. The molecule has 1 aromatic rings. The van der Waals surface area contributed by atoms with Gasteiger partial charge in [-0.15, -0.1) is 0 Å². The monoisotopic (exact) mass is 248 g/mol. The van der Waals surface area contributed by atoms with Crippen LogP contribution in [0.2, 0.25) is 0 Å². The first-order chi connectivity index (χ1) is 8.67. The van der Waals surface area contributed by atoms with Crippen molar-refractivity contribution >= 4 is 5.78 Å². The van der Waals surface area contributed by atoms with Crippen LogP contribution in [0.4, 0.5) is 0 Å². The quantitative estimate of drug-likeness (QED) is 0.726. The van der Waals surface area contributed by atoms with Crippen LogP contribution in [0.1, 0.15) is 35.7 Å². The Bertz CT molecular complexity index is 435. The number of Topliss-reactive ketones (excluding diaryl/α,β-unsaturated/α-hetero) is 1. The minimum atomic E-state index is -0.300. The molecule has 0 saturated heterocycles. The highest BCUT2D eigenvalue weighted by Crippen LogP contribution is 2.37. The van der Waals surface area contributed by atoms with Gasteiger partial charge in [-0.05, 0) is 44.7 Å². The lowest BCUT2D eigenvalue weighted by atomic mass is 10.00. The molecule has 0 spiro atoms. The summed E-state index contributed by atoms with van der Waals surface area (Å²) >= 11 is 0. The van der Waals surface area contributed by atoms with Crippen LogP contribution in [0.15, 0.2) is 18.2 Å². The molecule has 0 aliphatic heterocycles. The summed E-state index contributed by atoms with van der Waals surface area (Å²) in [7, 11) is 1.59. The van der Waals surface area contributed by atoms with Crippen LogP contribution in [-0.4, -0.2) is 25.6 Å². The largest absolute Gasteiger partial charge is 0.496 e. The van der Waals surface area contributed by atoms with E-state index >= 15 is 0 Å². The molecule has 0 N–H and O–H groups in total. The molecule has 1 saturated carbocycles. The van der Waals surface area contributed by atoms with Gasteiger partial charge in [0.05, 0.1) is 12.7 Å². The van der Waals surface area contributed by atoms with Gasteiger partial charge >= 0.3 is 0 Å². The van der Waals surface area contributed by atoms with Crippen LogP contribution in [0.5, 0.6) is 5.75 Å². The summed E-state index contributed by atoms with van der Waals surface area (Å²) in [4.78, 5) is 12.5. The van der Waals surface area contributed by atoms with Crippen molar-refractivity contribution in [2.24, 2.45) is 5.92 Å². The average molecular weight is 248 g/mol. The smallest absolute Gasteiger partial charge is 0.195 e. The minimum Gasteiger partial charge on any atom is -0.496 e. The Balaban J connectivity index is 2.28. The Morgan fingerprint density at radius 2 is 2.17 bits per heavy atom. The molecule has 0 aromatic heterocycles. The molecule has 18 heavy (non-hydrogen) atoms. The predicted octanol–water partition coefficient (Wildman–Crippen LogP) is 3.00. The Kier molecular flexibility index (Phi) is 4.02. The number of ketones is 1. The van der Waals surface area contributed by atoms with Crippen molar-refractivity contribution in [1.82, 2.24) is 0 Å². The van der Waals surface area contributed by atoms with E-state index in [2.05, 4.69) is 0 Å². The number of carbonyl (C=O) groups excluding carboxylic acids is 1. The van der Waals surface area contributed by atoms with Gasteiger partial charge in [0.1, 0.15) is 11.9 Å². The molecule has 98 valence electrons. The van der Waals surface area contributed by atoms with E-state index in [1.54, 1.807) is 7.11 Å². The molecule has 3 heteroatoms. The fourth-order valence-electron chi connectivity index (χ4n) is 2.17. The third-order valence-corrected chi connectivity index (χ3v) is 3.28. The van der Waals surface area contributed by atoms with Crippen molar-refractivity contribution < 1.29 is 14.3 Å². The number of methoxy groups -OCH3 is 1. The van der Waals surface area contributed by atoms with Gasteiger partial charge < -0.3 is 9.47 Å². The second-order valence-corrected chi connectivity index (χ2v) is 4.78. The van der Waals surface area contributed by atoms with E-state index in [4.69, 9.17) is 9.47 Å². The van der Waals surface area contributed by atoms with Crippen LogP contribution in [0, 0.1) is 12.8 Å². The van der Waals surface area contributed by atoms with Gasteiger partial charge in [0.15, 0.2) is 5.78 Å². The number of carbonyl (C=O) groups is 1. The summed E-state index contributed by atoms with van der Waals surface area (Å²) in [6.07, 6.45) is 1.88. The molecule has 0 heterocycles. The van der Waals surface area contributed by atoms with Gasteiger partial charge in [-0.1, -0.05) is 11.6 Å². The van der Waals surface area contributed by atoms with Crippen molar-refractivity contribution in [3.05, 3.63) is 29.3 Å². The van der Waals surface area contributed by atoms with Gasteiger partial charge in [-0.3, -0.25) is 4.79 Å². The predicted molar refractivity (Wildman–Crippen MR) is 70.2 cm³/mol. The summed E-state index contributed by atoms with van der Waals surface area (Å²) < 4.78 is 10.9. The molecule has 0 bridgehead atoms. The van der Waals surface area contributed by atoms with E-state index in [1.807, 2.05) is 32.0 Å². The highest BCUT2D eigenvalue weighted by atomic mass is 16.5. The van der Waals surface area contributed by atoms with Crippen molar-refractivity contribution in [1.29, 1.82) is 0 Å². The van der Waals surface area contributed by atoms with E-state index in [1.165, 1.54) is 0 Å². The molecule has 1 aliphatic carbocycles. The van der Waals surface area contributed by atoms with Gasteiger partial charge in [0, 0.05) is 6.61 Å². The number of aryl methyl sites for hydroxylation is 1. The molecule has 1 aromatic carbocycles. The van der Waals surface area contributed by atoms with Crippen LogP contribution >= 0.6 is 0 Å². The lowest BCUT2D eigenvalue weighted by molar-refractivity contribution is 0.0372. The standard InChI is InChI=1S/C15H20O3/c1-4-18-15(11-6-7-11)14(16)12-9-10(2)5-8-13(12)17-3/h5,8-9,11,15H,4,6-7H2,1-3H3. The molecular weight excluding hydrogens is 228 g/mol. The summed E-state index contributed by atoms with van der Waals surface area (Å²) in [5.74, 6) is 1.08. The number of ether oxygens (including phenoxy) is 2. The summed E-state index contributed by atoms with van der Waals surface area (Å²) in [6.45, 7) is 4.47. The lowest BCUT2D eigenvalue weighted by Crippen LogP contribution is -2.27. The zero-order valence-corrected chi connectivity index (χ0v) is 11.2. The van der Waals surface area contributed by atoms with Crippen molar-refractivity contribution in [2.75, 3.05) is 13.7 Å². The van der Waals surface area contributed by atoms with Gasteiger partial charge in [0.2, 0.25) is 0 Å². The fraction of sp³-hybridized carbons (Fsp3) is 0.533. The van der Waals surface area contributed by atoms with E-state index in [0.717, 1.165) is 18.4 Å². The van der Waals surface area contributed by atoms with Crippen LogP contribution in [0.25, 0.3) is 0 Å². The molecule has 3 nitrogen and oxygen atoms in total. The van der Waals surface area contributed by atoms with E-state index in [9.17, 15) is 4.79 Å². The third-order valence-electron chi connectivity index (χ3n) is 3.28. The summed E-state index contributed by atoms with van der Waals surface area (Å²) in [5.41, 5.74) is 1.70. The summed E-state index contributed by atoms with van der Waals surface area (Å²) in [5, 5.41) is 0. The average Bonchev–Trinajstić information content (AvgIpc) is 3.19. The number of rotatable bonds is 6. The van der Waals surface area contributed by atoms with Crippen LogP contribution in [-0.2, 0) is 4.74 Å². The second kappa shape index (κ2) is 5.53. The first-order valence-electron chi connectivity index (χ1n) is 6.47. The fourth-order valence-corrected chi connectivity index (χ4v) is 2.17. The SMILES string of the molecule is CCOC(C(=O)c1cc(C)ccc1OC)C1CC1. The summed E-state index contributed by atoms with van der Waals surface area (Å²) in [6, 6.07) is 5.68. The van der Waals surface area contributed by atoms with E-state index in [0.29, 0.717) is 23.8 Å². The van der Waals surface area contributed by atoms with Crippen LogP contribution < -0.4 is 4.74 Å². The Morgan fingerprint density at radius 3 is 2.72 bits per heavy atom. The van der Waals surface area contributed by atoms with Crippen molar-refractivity contribution in [2.45, 2.75) is 32.8 Å². The first-order valence-corrected chi connectivity index (χ1v) is 6.47. The zero-order chi connectivity index (χ0) is 13.1.